The molecule has 1 aliphatic carbocycles. The fourth-order valence-corrected chi connectivity index (χ4v) is 5.93. The van der Waals surface area contributed by atoms with Crippen LogP contribution in [0.25, 0.3) is 33.6 Å². The topological polar surface area (TPSA) is 107 Å². The molecule has 0 aromatic carbocycles. The monoisotopic (exact) mass is 545 g/mol. The summed E-state index contributed by atoms with van der Waals surface area (Å²) in [4.78, 5) is 40.9. The molecule has 11 heteroatoms. The van der Waals surface area contributed by atoms with Crippen LogP contribution in [0.15, 0.2) is 24.4 Å². The lowest BCUT2D eigenvalue weighted by Gasteiger charge is -2.27. The van der Waals surface area contributed by atoms with Crippen molar-refractivity contribution < 1.29 is 18.7 Å². The summed E-state index contributed by atoms with van der Waals surface area (Å²) in [7, 11) is 1.96. The first kappa shape index (κ1) is 25.0. The summed E-state index contributed by atoms with van der Waals surface area (Å²) in [6, 6.07) is 5.95. The number of aryl methyl sites for hydroxylation is 1. The third-order valence-electron chi connectivity index (χ3n) is 8.28. The number of halogens is 1. The van der Waals surface area contributed by atoms with Gasteiger partial charge in [-0.15, -0.1) is 0 Å². The summed E-state index contributed by atoms with van der Waals surface area (Å²) in [6.45, 7) is 2.40. The van der Waals surface area contributed by atoms with Gasteiger partial charge in [0.1, 0.15) is 11.0 Å². The smallest absolute Gasteiger partial charge is 0.255 e. The number of nitrogens with zero attached hydrogens (tertiary/aromatic N) is 6. The van der Waals surface area contributed by atoms with E-state index in [-0.39, 0.29) is 17.7 Å². The highest BCUT2D eigenvalue weighted by Crippen LogP contribution is 2.38. The van der Waals surface area contributed by atoms with Gasteiger partial charge >= 0.3 is 0 Å². The number of imidazole rings is 1. The first-order valence-electron chi connectivity index (χ1n) is 14.1. The molecule has 3 aliphatic rings. The van der Waals surface area contributed by atoms with E-state index < -0.39 is 6.67 Å². The molecule has 40 heavy (non-hydrogen) atoms. The molecule has 0 bridgehead atoms. The Balaban J connectivity index is 1.29. The van der Waals surface area contributed by atoms with Crippen molar-refractivity contribution in [2.45, 2.75) is 38.6 Å². The molecular weight excluding hydrogens is 513 g/mol. The van der Waals surface area contributed by atoms with Gasteiger partial charge in [-0.3, -0.25) is 14.0 Å². The molecule has 0 spiro atoms. The zero-order valence-electron chi connectivity index (χ0n) is 22.5. The van der Waals surface area contributed by atoms with Crippen molar-refractivity contribution in [3.05, 3.63) is 35.7 Å². The fraction of sp³-hybridized carbons (Fsp3) is 0.483. The quantitative estimate of drug-likeness (QED) is 0.346. The van der Waals surface area contributed by atoms with Gasteiger partial charge < -0.3 is 24.1 Å². The Hall–Kier alpha value is -4.02. The van der Waals surface area contributed by atoms with Crippen LogP contribution >= 0.6 is 0 Å². The lowest BCUT2D eigenvalue weighted by Crippen LogP contribution is -2.38. The molecule has 1 N–H and O–H groups in total. The number of carbonyl (C=O) groups is 2. The number of hydrogen-bond donors (Lipinski definition) is 1. The van der Waals surface area contributed by atoms with Gasteiger partial charge in [0.25, 0.3) is 5.91 Å². The second-order valence-corrected chi connectivity index (χ2v) is 11.2. The van der Waals surface area contributed by atoms with E-state index in [0.29, 0.717) is 68.4 Å². The zero-order valence-corrected chi connectivity index (χ0v) is 22.5. The molecule has 1 unspecified atom stereocenters. The number of nitrogens with one attached hydrogen (secondary N) is 1. The normalized spacial score (nSPS) is 19.1. The number of alkyl halides is 1. The van der Waals surface area contributed by atoms with E-state index in [1.807, 2.05) is 23.7 Å². The van der Waals surface area contributed by atoms with Gasteiger partial charge in [-0.2, -0.15) is 0 Å². The van der Waals surface area contributed by atoms with E-state index in [4.69, 9.17) is 14.7 Å². The molecule has 4 aromatic heterocycles. The largest absolute Gasteiger partial charge is 0.476 e. The van der Waals surface area contributed by atoms with Gasteiger partial charge in [0.15, 0.2) is 11.5 Å². The minimum absolute atomic E-state index is 0.0606. The zero-order chi connectivity index (χ0) is 27.4. The van der Waals surface area contributed by atoms with Crippen LogP contribution in [-0.2, 0) is 24.8 Å². The van der Waals surface area contributed by atoms with Crippen molar-refractivity contribution in [2.75, 3.05) is 32.9 Å². The molecule has 0 radical (unpaired) electrons. The Morgan fingerprint density at radius 1 is 1.18 bits per heavy atom. The second kappa shape index (κ2) is 9.87. The predicted octanol–water partition coefficient (Wildman–Crippen LogP) is 3.27. The number of hydrogen-bond acceptors (Lipinski definition) is 6. The summed E-state index contributed by atoms with van der Waals surface area (Å²) in [5, 5.41) is 3.88. The molecule has 4 aromatic rings. The number of amides is 2. The van der Waals surface area contributed by atoms with Crippen LogP contribution in [-0.4, -0.2) is 73.7 Å². The second-order valence-electron chi connectivity index (χ2n) is 11.2. The molecule has 208 valence electrons. The number of aromatic nitrogens is 5. The van der Waals surface area contributed by atoms with E-state index in [1.54, 1.807) is 11.1 Å². The van der Waals surface area contributed by atoms with Crippen molar-refractivity contribution >= 4 is 33.9 Å². The van der Waals surface area contributed by atoms with Crippen LogP contribution in [0, 0.1) is 11.8 Å². The molecule has 2 amide bonds. The Kier molecular flexibility index (Phi) is 6.16. The minimum Gasteiger partial charge on any atom is -0.476 e. The van der Waals surface area contributed by atoms with Crippen LogP contribution in [0.3, 0.4) is 0 Å². The molecule has 6 heterocycles. The van der Waals surface area contributed by atoms with E-state index in [2.05, 4.69) is 20.9 Å². The van der Waals surface area contributed by atoms with Crippen LogP contribution in [0.5, 0.6) is 5.88 Å². The highest BCUT2D eigenvalue weighted by molar-refractivity contribution is 5.99. The van der Waals surface area contributed by atoms with Gasteiger partial charge in [-0.05, 0) is 43.4 Å². The number of carbonyl (C=O) groups excluding carboxylic acids is 2. The van der Waals surface area contributed by atoms with Gasteiger partial charge in [0.05, 0.1) is 30.2 Å². The molecule has 10 nitrogen and oxygen atoms in total. The molecule has 1 saturated carbocycles. The predicted molar refractivity (Wildman–Crippen MR) is 147 cm³/mol. The first-order chi connectivity index (χ1) is 19.5. The maximum Gasteiger partial charge on any atom is 0.255 e. The first-order valence-corrected chi connectivity index (χ1v) is 14.1. The summed E-state index contributed by atoms with van der Waals surface area (Å²) in [5.41, 5.74) is 4.59. The van der Waals surface area contributed by atoms with Crippen LogP contribution in [0.1, 0.15) is 41.7 Å². The van der Waals surface area contributed by atoms with E-state index >= 15 is 0 Å². The summed E-state index contributed by atoms with van der Waals surface area (Å²) in [6.07, 6.45) is 5.57. The third kappa shape index (κ3) is 4.37. The lowest BCUT2D eigenvalue weighted by molar-refractivity contribution is -0.119. The number of fused-ring (bicyclic) bond motifs is 3. The van der Waals surface area contributed by atoms with Crippen molar-refractivity contribution in [2.24, 2.45) is 18.9 Å². The molecule has 2 aliphatic heterocycles. The number of ether oxygens (including phenoxy) is 1. The Morgan fingerprint density at radius 3 is 2.83 bits per heavy atom. The maximum atomic E-state index is 13.1. The highest BCUT2D eigenvalue weighted by Gasteiger charge is 2.30. The molecule has 1 saturated heterocycles. The van der Waals surface area contributed by atoms with Gasteiger partial charge in [-0.25, -0.2) is 15.0 Å². The van der Waals surface area contributed by atoms with E-state index in [1.165, 1.54) is 12.8 Å². The van der Waals surface area contributed by atoms with E-state index in [0.717, 1.165) is 40.3 Å². The van der Waals surface area contributed by atoms with Crippen LogP contribution in [0.2, 0.25) is 0 Å². The van der Waals surface area contributed by atoms with Gasteiger partial charge in [0.2, 0.25) is 11.8 Å². The van der Waals surface area contributed by atoms with Crippen LogP contribution in [0.4, 0.5) is 4.39 Å². The molecule has 1 atom stereocenters. The Morgan fingerprint density at radius 2 is 2.05 bits per heavy atom. The van der Waals surface area contributed by atoms with Crippen molar-refractivity contribution in [1.82, 2.24) is 34.3 Å². The molecular formula is C29H32FN7O3. The van der Waals surface area contributed by atoms with Crippen molar-refractivity contribution in [1.29, 1.82) is 0 Å². The fourth-order valence-electron chi connectivity index (χ4n) is 5.93. The van der Waals surface area contributed by atoms with Crippen molar-refractivity contribution in [3.8, 4) is 17.4 Å². The molecule has 7 rings (SSSR count). The third-order valence-corrected chi connectivity index (χ3v) is 8.28. The number of rotatable bonds is 9. The van der Waals surface area contributed by atoms with E-state index in [9.17, 15) is 14.0 Å². The average Bonchev–Trinajstić information content (AvgIpc) is 3.43. The summed E-state index contributed by atoms with van der Waals surface area (Å²) in [5.74, 6) is 2.00. The van der Waals surface area contributed by atoms with Crippen molar-refractivity contribution in [3.63, 3.8) is 0 Å². The summed E-state index contributed by atoms with van der Waals surface area (Å²) < 4.78 is 23.2. The Labute approximate surface area is 230 Å². The van der Waals surface area contributed by atoms with Gasteiger partial charge in [-0.1, -0.05) is 0 Å². The standard InChI is InChI=1S/C29H32FN7O3/c1-35-26-22(13-20-21(33-26)6-10-36(29(20)39)9-2-7-30)34-27(35)23-12-19-5-8-31-28(25(19)37(23)15-17-3-4-17)40-16-18-11-24(38)32-14-18/h5,8,12-13,17-18H,2-4,6-7,9-11,14-16H2,1H3,(H,32,38). The number of pyridine rings is 2. The highest BCUT2D eigenvalue weighted by atomic mass is 19.1. The average molecular weight is 546 g/mol. The maximum absolute atomic E-state index is 13.1. The lowest BCUT2D eigenvalue weighted by atomic mass is 10.0. The Bertz CT molecular complexity index is 1640. The minimum atomic E-state index is -0.438. The van der Waals surface area contributed by atoms with Crippen LogP contribution < -0.4 is 10.1 Å². The molecule has 2 fully saturated rings. The van der Waals surface area contributed by atoms with Gasteiger partial charge in [0, 0.05) is 63.6 Å². The SMILES string of the molecule is Cn1c(-c2cc3ccnc(OCC4CNC(=O)C4)c3n2CC2CC2)nc2cc3c(nc21)CCN(CCCF)C3=O. The summed E-state index contributed by atoms with van der Waals surface area (Å²) >= 11 is 0.